The number of carbonyl (C=O) groups is 1. The third kappa shape index (κ3) is 5.88. The maximum absolute atomic E-state index is 12.9. The number of ether oxygens (including phenoxy) is 1. The molecule has 0 aliphatic heterocycles. The summed E-state index contributed by atoms with van der Waals surface area (Å²) in [5, 5.41) is 2.77. The quantitative estimate of drug-likeness (QED) is 0.492. The van der Waals surface area contributed by atoms with Crippen molar-refractivity contribution in [2.75, 3.05) is 17.9 Å². The Bertz CT molecular complexity index is 1240. The van der Waals surface area contributed by atoms with Gasteiger partial charge in [0.25, 0.3) is 15.9 Å². The van der Waals surface area contributed by atoms with Gasteiger partial charge >= 0.3 is 0 Å². The van der Waals surface area contributed by atoms with Crippen molar-refractivity contribution in [3.63, 3.8) is 0 Å². The topological polar surface area (TPSA) is 84.5 Å². The number of benzene rings is 3. The summed E-state index contributed by atoms with van der Waals surface area (Å²) < 4.78 is 34.1. The molecule has 3 rings (SSSR count). The second-order valence-corrected chi connectivity index (χ2v) is 9.46. The summed E-state index contributed by atoms with van der Waals surface area (Å²) in [6.45, 7) is 8.23. The van der Waals surface area contributed by atoms with Crippen LogP contribution in [0.1, 0.15) is 32.6 Å². The molecule has 0 atom stereocenters. The summed E-state index contributed by atoms with van der Waals surface area (Å²) in [4.78, 5) is 12.6. The Hall–Kier alpha value is -3.32. The third-order valence-corrected chi connectivity index (χ3v) is 6.67. The lowest BCUT2D eigenvalue weighted by atomic mass is 10.1. The number of anilines is 1. The van der Waals surface area contributed by atoms with E-state index < -0.39 is 10.0 Å². The van der Waals surface area contributed by atoms with E-state index in [2.05, 4.69) is 10.0 Å². The first kappa shape index (κ1) is 23.3. The van der Waals surface area contributed by atoms with E-state index in [0.29, 0.717) is 24.4 Å². The SMILES string of the molecule is Cc1cccc(NS(=O)(=O)c2cc(C(=O)NCCOc3ccc(C)c(C)c3)ccc2C)c1. The van der Waals surface area contributed by atoms with Crippen LogP contribution in [0.3, 0.4) is 0 Å². The normalized spacial score (nSPS) is 11.1. The second kappa shape index (κ2) is 9.87. The van der Waals surface area contributed by atoms with Crippen LogP contribution in [0.5, 0.6) is 5.75 Å². The van der Waals surface area contributed by atoms with Crippen molar-refractivity contribution in [2.24, 2.45) is 0 Å². The fourth-order valence-electron chi connectivity index (χ4n) is 3.19. The number of hydrogen-bond donors (Lipinski definition) is 2. The molecule has 0 fully saturated rings. The molecular weight excluding hydrogens is 424 g/mol. The van der Waals surface area contributed by atoms with Crippen molar-refractivity contribution in [1.29, 1.82) is 0 Å². The van der Waals surface area contributed by atoms with Gasteiger partial charge in [0.15, 0.2) is 0 Å². The standard InChI is InChI=1S/C25H28N2O4S/c1-17-6-5-7-22(14-17)27-32(29,30)24-16-21(10-8-19(24)3)25(28)26-12-13-31-23-11-9-18(2)20(4)15-23/h5-11,14-16,27H,12-13H2,1-4H3,(H,26,28). The lowest BCUT2D eigenvalue weighted by molar-refractivity contribution is 0.0946. The molecule has 0 bridgehead atoms. The van der Waals surface area contributed by atoms with Gasteiger partial charge in [0.05, 0.1) is 11.4 Å². The molecule has 0 heterocycles. The predicted molar refractivity (Wildman–Crippen MR) is 127 cm³/mol. The second-order valence-electron chi connectivity index (χ2n) is 7.81. The maximum Gasteiger partial charge on any atom is 0.262 e. The average molecular weight is 453 g/mol. The summed E-state index contributed by atoms with van der Waals surface area (Å²) in [6, 6.07) is 17.6. The summed E-state index contributed by atoms with van der Waals surface area (Å²) in [6.07, 6.45) is 0. The Kier molecular flexibility index (Phi) is 7.20. The largest absolute Gasteiger partial charge is 0.492 e. The molecule has 32 heavy (non-hydrogen) atoms. The smallest absolute Gasteiger partial charge is 0.262 e. The molecule has 0 spiro atoms. The summed E-state index contributed by atoms with van der Waals surface area (Å²) >= 11 is 0. The van der Waals surface area contributed by atoms with E-state index in [1.165, 1.54) is 11.6 Å². The summed E-state index contributed by atoms with van der Waals surface area (Å²) in [5.74, 6) is 0.383. The van der Waals surface area contributed by atoms with Crippen molar-refractivity contribution in [1.82, 2.24) is 5.32 Å². The number of amides is 1. The first-order valence-electron chi connectivity index (χ1n) is 10.3. The molecule has 0 radical (unpaired) electrons. The molecule has 0 unspecified atom stereocenters. The molecule has 6 nitrogen and oxygen atoms in total. The van der Waals surface area contributed by atoms with E-state index in [1.807, 2.05) is 45.0 Å². The lowest BCUT2D eigenvalue weighted by Gasteiger charge is -2.13. The molecule has 0 aliphatic carbocycles. The zero-order valence-electron chi connectivity index (χ0n) is 18.7. The van der Waals surface area contributed by atoms with Crippen molar-refractivity contribution < 1.29 is 17.9 Å². The van der Waals surface area contributed by atoms with Crippen LogP contribution in [0.25, 0.3) is 0 Å². The van der Waals surface area contributed by atoms with Crippen molar-refractivity contribution in [3.05, 3.63) is 88.5 Å². The molecule has 0 saturated carbocycles. The van der Waals surface area contributed by atoms with Gasteiger partial charge in [-0.3, -0.25) is 9.52 Å². The fraction of sp³-hybridized carbons (Fsp3) is 0.240. The highest BCUT2D eigenvalue weighted by molar-refractivity contribution is 7.92. The van der Waals surface area contributed by atoms with Gasteiger partial charge in [0.1, 0.15) is 12.4 Å². The number of aryl methyl sites for hydroxylation is 4. The van der Waals surface area contributed by atoms with Gasteiger partial charge in [0, 0.05) is 11.3 Å². The van der Waals surface area contributed by atoms with Gasteiger partial charge in [0.2, 0.25) is 0 Å². The predicted octanol–water partition coefficient (Wildman–Crippen LogP) is 4.53. The van der Waals surface area contributed by atoms with Crippen LogP contribution in [0, 0.1) is 27.7 Å². The fourth-order valence-corrected chi connectivity index (χ4v) is 4.51. The van der Waals surface area contributed by atoms with Crippen molar-refractivity contribution in [2.45, 2.75) is 32.6 Å². The summed E-state index contributed by atoms with van der Waals surface area (Å²) in [5.41, 5.74) is 4.57. The average Bonchev–Trinajstić information content (AvgIpc) is 2.73. The summed E-state index contributed by atoms with van der Waals surface area (Å²) in [7, 11) is -3.84. The van der Waals surface area contributed by atoms with E-state index in [9.17, 15) is 13.2 Å². The minimum Gasteiger partial charge on any atom is -0.492 e. The highest BCUT2D eigenvalue weighted by Crippen LogP contribution is 2.21. The van der Waals surface area contributed by atoms with Crippen LogP contribution in [0.2, 0.25) is 0 Å². The Morgan fingerprint density at radius 3 is 2.34 bits per heavy atom. The molecule has 0 aromatic heterocycles. The van der Waals surface area contributed by atoms with Gasteiger partial charge in [-0.1, -0.05) is 24.3 Å². The van der Waals surface area contributed by atoms with E-state index in [0.717, 1.165) is 16.9 Å². The Morgan fingerprint density at radius 1 is 0.875 bits per heavy atom. The van der Waals surface area contributed by atoms with Gasteiger partial charge in [-0.05, 0) is 86.3 Å². The Balaban J connectivity index is 1.64. The van der Waals surface area contributed by atoms with Crippen LogP contribution < -0.4 is 14.8 Å². The molecule has 168 valence electrons. The first-order chi connectivity index (χ1) is 15.2. The lowest BCUT2D eigenvalue weighted by Crippen LogP contribution is -2.28. The van der Waals surface area contributed by atoms with E-state index >= 15 is 0 Å². The van der Waals surface area contributed by atoms with Gasteiger partial charge < -0.3 is 10.1 Å². The van der Waals surface area contributed by atoms with Gasteiger partial charge in [-0.15, -0.1) is 0 Å². The van der Waals surface area contributed by atoms with Crippen molar-refractivity contribution >= 4 is 21.6 Å². The van der Waals surface area contributed by atoms with E-state index in [1.54, 1.807) is 37.3 Å². The molecule has 2 N–H and O–H groups in total. The molecule has 3 aromatic rings. The molecule has 0 aliphatic rings. The zero-order chi connectivity index (χ0) is 23.3. The van der Waals surface area contributed by atoms with E-state index in [4.69, 9.17) is 4.74 Å². The van der Waals surface area contributed by atoms with Gasteiger partial charge in [-0.2, -0.15) is 0 Å². The Morgan fingerprint density at radius 2 is 1.62 bits per heavy atom. The molecular formula is C25H28N2O4S. The van der Waals surface area contributed by atoms with Crippen LogP contribution in [0.15, 0.2) is 65.6 Å². The Labute approximate surface area is 189 Å². The number of nitrogens with one attached hydrogen (secondary N) is 2. The first-order valence-corrected chi connectivity index (χ1v) is 11.8. The zero-order valence-corrected chi connectivity index (χ0v) is 19.5. The van der Waals surface area contributed by atoms with Crippen LogP contribution >= 0.6 is 0 Å². The highest BCUT2D eigenvalue weighted by Gasteiger charge is 2.19. The monoisotopic (exact) mass is 452 g/mol. The van der Waals surface area contributed by atoms with Crippen LogP contribution in [-0.2, 0) is 10.0 Å². The highest BCUT2D eigenvalue weighted by atomic mass is 32.2. The van der Waals surface area contributed by atoms with Crippen LogP contribution in [0.4, 0.5) is 5.69 Å². The third-order valence-electron chi connectivity index (χ3n) is 5.14. The minimum atomic E-state index is -3.84. The number of hydrogen-bond acceptors (Lipinski definition) is 4. The van der Waals surface area contributed by atoms with Crippen LogP contribution in [-0.4, -0.2) is 27.5 Å². The number of carbonyl (C=O) groups excluding carboxylic acids is 1. The number of sulfonamides is 1. The van der Waals surface area contributed by atoms with Gasteiger partial charge in [-0.25, -0.2) is 8.42 Å². The minimum absolute atomic E-state index is 0.0676. The molecule has 0 saturated heterocycles. The molecule has 3 aromatic carbocycles. The maximum atomic E-state index is 12.9. The van der Waals surface area contributed by atoms with Crippen molar-refractivity contribution in [3.8, 4) is 5.75 Å². The molecule has 1 amide bonds. The van der Waals surface area contributed by atoms with E-state index in [-0.39, 0.29) is 16.4 Å². The number of rotatable bonds is 8. The molecule has 7 heteroatoms.